The van der Waals surface area contributed by atoms with Crippen LogP contribution in [0.25, 0.3) is 0 Å². The molecular weight excluding hydrogens is 205 g/mol. The Kier molecular flexibility index (Phi) is 4.70. The summed E-state index contributed by atoms with van der Waals surface area (Å²) in [6, 6.07) is 4.52. The lowest BCUT2D eigenvalue weighted by Gasteiger charge is -2.05. The number of hydrogen-bond donors (Lipinski definition) is 1. The number of carbonyl (C=O) groups excluding carboxylic acids is 1. The van der Waals surface area contributed by atoms with Gasteiger partial charge in [-0.25, -0.2) is 4.39 Å². The molecule has 86 valence electrons. The van der Waals surface area contributed by atoms with Crippen LogP contribution in [-0.4, -0.2) is 12.5 Å². The number of nitrogens with one attached hydrogen (secondary N) is 1. The number of hydrogen-bond acceptors (Lipinski definition) is 1. The van der Waals surface area contributed by atoms with E-state index in [0.717, 1.165) is 12.0 Å². The number of rotatable bonds is 4. The molecule has 0 aliphatic heterocycles. The molecule has 0 fully saturated rings. The van der Waals surface area contributed by atoms with Gasteiger partial charge in [-0.05, 0) is 32.4 Å². The molecular formula is C13H16FNO. The molecule has 0 saturated heterocycles. The van der Waals surface area contributed by atoms with Crippen LogP contribution in [-0.2, 0) is 0 Å². The Balaban J connectivity index is 2.62. The van der Waals surface area contributed by atoms with Crippen LogP contribution in [0, 0.1) is 12.7 Å². The largest absolute Gasteiger partial charge is 0.352 e. The smallest absolute Gasteiger partial charge is 0.254 e. The minimum absolute atomic E-state index is 0.112. The molecule has 2 nitrogen and oxygen atoms in total. The molecule has 1 aromatic rings. The monoisotopic (exact) mass is 221 g/mol. The van der Waals surface area contributed by atoms with Crippen LogP contribution in [0.1, 0.15) is 29.3 Å². The first-order valence-electron chi connectivity index (χ1n) is 5.30. The zero-order valence-corrected chi connectivity index (χ0v) is 9.59. The van der Waals surface area contributed by atoms with E-state index in [1.165, 1.54) is 6.07 Å². The topological polar surface area (TPSA) is 29.1 Å². The molecule has 3 heteroatoms. The summed E-state index contributed by atoms with van der Waals surface area (Å²) in [6.07, 6.45) is 4.63. The molecule has 0 radical (unpaired) electrons. The minimum atomic E-state index is -0.478. The van der Waals surface area contributed by atoms with Crippen LogP contribution in [0.5, 0.6) is 0 Å². The van der Waals surface area contributed by atoms with Crippen LogP contribution in [0.15, 0.2) is 30.4 Å². The van der Waals surface area contributed by atoms with E-state index in [9.17, 15) is 9.18 Å². The van der Waals surface area contributed by atoms with Gasteiger partial charge in [-0.1, -0.05) is 23.8 Å². The zero-order valence-electron chi connectivity index (χ0n) is 9.59. The summed E-state index contributed by atoms with van der Waals surface area (Å²) >= 11 is 0. The molecule has 0 atom stereocenters. The Morgan fingerprint density at radius 3 is 2.94 bits per heavy atom. The fraction of sp³-hybridized carbons (Fsp3) is 0.308. The molecule has 0 aliphatic carbocycles. The number of carbonyl (C=O) groups is 1. The molecule has 1 N–H and O–H groups in total. The van der Waals surface area contributed by atoms with Crippen LogP contribution in [0.2, 0.25) is 0 Å². The highest BCUT2D eigenvalue weighted by atomic mass is 19.1. The van der Waals surface area contributed by atoms with Gasteiger partial charge in [-0.3, -0.25) is 4.79 Å². The summed E-state index contributed by atoms with van der Waals surface area (Å²) < 4.78 is 13.3. The number of amides is 1. The molecule has 0 saturated carbocycles. The van der Waals surface area contributed by atoms with Crippen molar-refractivity contribution in [3.63, 3.8) is 0 Å². The highest BCUT2D eigenvalue weighted by Gasteiger charge is 2.10. The van der Waals surface area contributed by atoms with Crippen molar-refractivity contribution in [2.45, 2.75) is 20.3 Å². The molecule has 0 unspecified atom stereocenters. The van der Waals surface area contributed by atoms with Crippen molar-refractivity contribution in [1.82, 2.24) is 5.32 Å². The lowest BCUT2D eigenvalue weighted by molar-refractivity contribution is 0.0950. The second-order valence-corrected chi connectivity index (χ2v) is 3.60. The number of benzene rings is 1. The van der Waals surface area contributed by atoms with Crippen LogP contribution >= 0.6 is 0 Å². The summed E-state index contributed by atoms with van der Waals surface area (Å²) in [7, 11) is 0. The average molecular weight is 221 g/mol. The Hall–Kier alpha value is -1.64. The number of aryl methyl sites for hydroxylation is 1. The molecule has 0 aromatic heterocycles. The van der Waals surface area contributed by atoms with E-state index in [2.05, 4.69) is 5.32 Å². The standard InChI is InChI=1S/C13H16FNO/c1-3-4-5-8-15-13(16)11-9-10(2)6-7-12(11)14/h3-4,6-7,9H,5,8H2,1-2H3,(H,15,16)/b4-3+. The van der Waals surface area contributed by atoms with E-state index in [0.29, 0.717) is 6.54 Å². The Labute approximate surface area is 95.2 Å². The van der Waals surface area contributed by atoms with Crippen LogP contribution in [0.4, 0.5) is 4.39 Å². The molecule has 1 aromatic carbocycles. The van der Waals surface area contributed by atoms with Gasteiger partial charge in [0.2, 0.25) is 0 Å². The van der Waals surface area contributed by atoms with Gasteiger partial charge in [-0.15, -0.1) is 0 Å². The van der Waals surface area contributed by atoms with E-state index in [1.54, 1.807) is 12.1 Å². The van der Waals surface area contributed by atoms with Gasteiger partial charge in [0.1, 0.15) is 5.82 Å². The normalized spacial score (nSPS) is 10.7. The average Bonchev–Trinajstić information content (AvgIpc) is 2.27. The lowest BCUT2D eigenvalue weighted by atomic mass is 10.1. The molecule has 1 rings (SSSR count). The predicted octanol–water partition coefficient (Wildman–Crippen LogP) is 2.83. The van der Waals surface area contributed by atoms with E-state index < -0.39 is 5.82 Å². The number of halogens is 1. The third kappa shape index (κ3) is 3.50. The van der Waals surface area contributed by atoms with Gasteiger partial charge < -0.3 is 5.32 Å². The first kappa shape index (κ1) is 12.4. The van der Waals surface area contributed by atoms with Crippen LogP contribution in [0.3, 0.4) is 0 Å². The first-order chi connectivity index (χ1) is 7.65. The van der Waals surface area contributed by atoms with E-state index in [1.807, 2.05) is 26.0 Å². The highest BCUT2D eigenvalue weighted by Crippen LogP contribution is 2.09. The van der Waals surface area contributed by atoms with Crippen molar-refractivity contribution in [3.05, 3.63) is 47.3 Å². The second kappa shape index (κ2) is 6.05. The summed E-state index contributed by atoms with van der Waals surface area (Å²) in [6.45, 7) is 4.27. The van der Waals surface area contributed by atoms with Crippen LogP contribution < -0.4 is 5.32 Å². The van der Waals surface area contributed by atoms with E-state index in [4.69, 9.17) is 0 Å². The minimum Gasteiger partial charge on any atom is -0.352 e. The van der Waals surface area contributed by atoms with Crippen molar-refractivity contribution >= 4 is 5.91 Å². The summed E-state index contributed by atoms with van der Waals surface area (Å²) in [5.74, 6) is -0.833. The fourth-order valence-corrected chi connectivity index (χ4v) is 1.34. The quantitative estimate of drug-likeness (QED) is 0.614. The zero-order chi connectivity index (χ0) is 12.0. The maximum Gasteiger partial charge on any atom is 0.254 e. The lowest BCUT2D eigenvalue weighted by Crippen LogP contribution is -2.25. The summed E-state index contributed by atoms with van der Waals surface area (Å²) in [5, 5.41) is 2.67. The van der Waals surface area contributed by atoms with Crippen molar-refractivity contribution in [2.24, 2.45) is 0 Å². The van der Waals surface area contributed by atoms with E-state index >= 15 is 0 Å². The Morgan fingerprint density at radius 1 is 1.50 bits per heavy atom. The maximum absolute atomic E-state index is 13.3. The van der Waals surface area contributed by atoms with Gasteiger partial charge in [-0.2, -0.15) is 0 Å². The second-order valence-electron chi connectivity index (χ2n) is 3.60. The van der Waals surface area contributed by atoms with Gasteiger partial charge in [0.25, 0.3) is 5.91 Å². The summed E-state index contributed by atoms with van der Waals surface area (Å²) in [5.41, 5.74) is 0.987. The molecule has 1 amide bonds. The van der Waals surface area contributed by atoms with Crippen molar-refractivity contribution < 1.29 is 9.18 Å². The third-order valence-corrected chi connectivity index (χ3v) is 2.20. The molecule has 0 aliphatic rings. The van der Waals surface area contributed by atoms with Gasteiger partial charge in [0.15, 0.2) is 0 Å². The number of allylic oxidation sites excluding steroid dienone is 1. The SMILES string of the molecule is C/C=C/CCNC(=O)c1cc(C)ccc1F. The van der Waals surface area contributed by atoms with Gasteiger partial charge >= 0.3 is 0 Å². The van der Waals surface area contributed by atoms with Crippen molar-refractivity contribution in [3.8, 4) is 0 Å². The molecule has 16 heavy (non-hydrogen) atoms. The third-order valence-electron chi connectivity index (χ3n) is 2.20. The van der Waals surface area contributed by atoms with E-state index in [-0.39, 0.29) is 11.5 Å². The first-order valence-corrected chi connectivity index (χ1v) is 5.30. The Bertz CT molecular complexity index is 399. The Morgan fingerprint density at radius 2 is 2.25 bits per heavy atom. The van der Waals surface area contributed by atoms with Gasteiger partial charge in [0.05, 0.1) is 5.56 Å². The molecule has 0 heterocycles. The van der Waals surface area contributed by atoms with Gasteiger partial charge in [0, 0.05) is 6.54 Å². The fourth-order valence-electron chi connectivity index (χ4n) is 1.34. The van der Waals surface area contributed by atoms with Crippen molar-refractivity contribution in [1.29, 1.82) is 0 Å². The highest BCUT2D eigenvalue weighted by molar-refractivity contribution is 5.94. The maximum atomic E-state index is 13.3. The molecule has 0 bridgehead atoms. The van der Waals surface area contributed by atoms with Crippen molar-refractivity contribution in [2.75, 3.05) is 6.54 Å². The summed E-state index contributed by atoms with van der Waals surface area (Å²) in [4.78, 5) is 11.6. The molecule has 0 spiro atoms. The predicted molar refractivity (Wildman–Crippen MR) is 62.9 cm³/mol.